The quantitative estimate of drug-likeness (QED) is 0.450. The number of carbonyl (C=O) groups is 1. The minimum atomic E-state index is -4.51. The van der Waals surface area contributed by atoms with Gasteiger partial charge in [-0.2, -0.15) is 18.3 Å². The molecule has 0 fully saturated rings. The Labute approximate surface area is 183 Å². The van der Waals surface area contributed by atoms with E-state index in [1.165, 1.54) is 0 Å². The highest BCUT2D eigenvalue weighted by Crippen LogP contribution is 2.44. The maximum absolute atomic E-state index is 13.8. The van der Waals surface area contributed by atoms with E-state index in [4.69, 9.17) is 11.6 Å². The number of hydrogen-bond donors (Lipinski definition) is 2. The molecule has 2 N–H and O–H groups in total. The molecule has 0 saturated heterocycles. The second-order valence-corrected chi connectivity index (χ2v) is 8.21. The van der Waals surface area contributed by atoms with Gasteiger partial charge in [0, 0.05) is 21.6 Å². The average Bonchev–Trinajstić information content (AvgIpc) is 3.13. The fourth-order valence-corrected chi connectivity index (χ4v) is 3.76. The normalized spacial score (nSPS) is 18.4. The van der Waals surface area contributed by atoms with Crippen LogP contribution in [0.25, 0.3) is 0 Å². The Morgan fingerprint density at radius 3 is 2.47 bits per heavy atom. The van der Waals surface area contributed by atoms with E-state index in [1.54, 1.807) is 48.5 Å². The van der Waals surface area contributed by atoms with Crippen LogP contribution in [-0.4, -0.2) is 21.9 Å². The first-order valence-electron chi connectivity index (χ1n) is 8.95. The van der Waals surface area contributed by atoms with Crippen LogP contribution in [0.5, 0.6) is 0 Å². The molecule has 2 atom stereocenters. The van der Waals surface area contributed by atoms with Crippen molar-refractivity contribution in [3.05, 3.63) is 75.4 Å². The van der Waals surface area contributed by atoms with Gasteiger partial charge < -0.3 is 10.6 Å². The number of carbonyl (C=O) groups excluding carboxylic acids is 1. The number of hydrogen-bond acceptors (Lipinski definition) is 3. The van der Waals surface area contributed by atoms with E-state index < -0.39 is 24.2 Å². The lowest BCUT2D eigenvalue weighted by molar-refractivity contribution is -0.173. The topological polar surface area (TPSA) is 59.0 Å². The first kappa shape index (κ1) is 20.7. The molecule has 2 aromatic carbocycles. The monoisotopic (exact) mass is 498 g/mol. The Balaban J connectivity index is 1.68. The van der Waals surface area contributed by atoms with Gasteiger partial charge in [0.05, 0.1) is 12.2 Å². The number of benzene rings is 2. The molecule has 0 radical (unpaired) electrons. The van der Waals surface area contributed by atoms with Crippen molar-refractivity contribution in [3.8, 4) is 0 Å². The third-order valence-corrected chi connectivity index (χ3v) is 5.64. The smallest absolute Gasteiger partial charge is 0.363 e. The number of alkyl halides is 3. The summed E-state index contributed by atoms with van der Waals surface area (Å²) >= 11 is 9.16. The molecular formula is C20H15BrClF3N4O. The summed E-state index contributed by atoms with van der Waals surface area (Å²) in [6.07, 6.45) is -3.60. The summed E-state index contributed by atoms with van der Waals surface area (Å²) in [7, 11) is 0. The van der Waals surface area contributed by atoms with Crippen molar-refractivity contribution in [3.63, 3.8) is 0 Å². The second kappa shape index (κ2) is 7.96. The molecule has 0 bridgehead atoms. The van der Waals surface area contributed by atoms with Gasteiger partial charge in [-0.25, -0.2) is 4.68 Å². The number of nitrogens with zero attached hydrogens (tertiary/aromatic N) is 2. The molecule has 0 aliphatic carbocycles. The third kappa shape index (κ3) is 4.17. The molecule has 5 nitrogen and oxygen atoms in total. The summed E-state index contributed by atoms with van der Waals surface area (Å²) in [5, 5.41) is 10.1. The maximum Gasteiger partial charge on any atom is 0.410 e. The minimum Gasteiger partial charge on any atom is -0.363 e. The summed E-state index contributed by atoms with van der Waals surface area (Å²) in [5.74, 6) is -0.536. The van der Waals surface area contributed by atoms with Crippen molar-refractivity contribution >= 4 is 44.9 Å². The molecule has 2 heterocycles. The Bertz CT molecular complexity index is 1070. The minimum absolute atomic E-state index is 0.0287. The number of fused-ring (bicyclic) bond motifs is 1. The molecule has 3 aromatic rings. The molecule has 1 aromatic heterocycles. The lowest BCUT2D eigenvalue weighted by Crippen LogP contribution is -2.36. The van der Waals surface area contributed by atoms with Gasteiger partial charge in [-0.3, -0.25) is 4.79 Å². The highest BCUT2D eigenvalue weighted by atomic mass is 79.9. The third-order valence-electron chi connectivity index (χ3n) is 4.86. The van der Waals surface area contributed by atoms with Crippen molar-refractivity contribution in [1.29, 1.82) is 0 Å². The Morgan fingerprint density at radius 1 is 1.17 bits per heavy atom. The first-order chi connectivity index (χ1) is 14.2. The Kier molecular flexibility index (Phi) is 5.50. The van der Waals surface area contributed by atoms with Crippen molar-refractivity contribution in [2.75, 3.05) is 10.6 Å². The first-order valence-corrected chi connectivity index (χ1v) is 10.1. The van der Waals surface area contributed by atoms with Crippen LogP contribution in [0.2, 0.25) is 5.02 Å². The van der Waals surface area contributed by atoms with E-state index in [-0.39, 0.29) is 17.8 Å². The fourth-order valence-electron chi connectivity index (χ4n) is 3.37. The number of amides is 1. The molecule has 10 heteroatoms. The van der Waals surface area contributed by atoms with Crippen molar-refractivity contribution in [2.45, 2.75) is 24.7 Å². The van der Waals surface area contributed by atoms with Crippen LogP contribution < -0.4 is 10.6 Å². The van der Waals surface area contributed by atoms with E-state index in [2.05, 4.69) is 31.7 Å². The van der Waals surface area contributed by atoms with Crippen molar-refractivity contribution in [2.24, 2.45) is 0 Å². The van der Waals surface area contributed by atoms with Gasteiger partial charge in [-0.05, 0) is 42.0 Å². The van der Waals surface area contributed by atoms with Gasteiger partial charge in [-0.15, -0.1) is 0 Å². The van der Waals surface area contributed by atoms with Crippen LogP contribution in [-0.2, 0) is 0 Å². The van der Waals surface area contributed by atoms with Crippen LogP contribution in [0.3, 0.4) is 0 Å². The molecule has 1 aliphatic heterocycles. The van der Waals surface area contributed by atoms with Crippen molar-refractivity contribution < 1.29 is 18.0 Å². The van der Waals surface area contributed by atoms with Crippen LogP contribution in [0.4, 0.5) is 24.7 Å². The Hall–Kier alpha value is -2.52. The average molecular weight is 500 g/mol. The van der Waals surface area contributed by atoms with E-state index >= 15 is 0 Å². The second-order valence-electron chi connectivity index (χ2n) is 6.85. The number of halogens is 5. The molecule has 0 unspecified atom stereocenters. The van der Waals surface area contributed by atoms with Crippen LogP contribution in [0, 0.1) is 0 Å². The Morgan fingerprint density at radius 2 is 1.83 bits per heavy atom. The molecule has 0 saturated carbocycles. The van der Waals surface area contributed by atoms with E-state index in [9.17, 15) is 18.0 Å². The van der Waals surface area contributed by atoms with E-state index in [1.807, 2.05) is 0 Å². The zero-order chi connectivity index (χ0) is 21.5. The number of rotatable bonds is 3. The fraction of sp³-hybridized carbons (Fsp3) is 0.200. The van der Waals surface area contributed by atoms with Gasteiger partial charge in [0.2, 0.25) is 0 Å². The predicted molar refractivity (Wildman–Crippen MR) is 112 cm³/mol. The predicted octanol–water partition coefficient (Wildman–Crippen LogP) is 6.21. The van der Waals surface area contributed by atoms with Gasteiger partial charge in [0.15, 0.2) is 6.04 Å². The number of aromatic nitrogens is 2. The highest BCUT2D eigenvalue weighted by Gasteiger charge is 2.47. The maximum atomic E-state index is 13.8. The zero-order valence-electron chi connectivity index (χ0n) is 15.3. The standard InChI is InChI=1S/C20H15BrClF3N4O/c21-12-3-1-11(2-4-12)16-9-17(20(23,24)25)29-18(28-16)15(10-26-29)19(30)27-14-7-5-13(22)6-8-14/h1-8,10,16-17,28H,9H2,(H,27,30)/t16-,17-/m0/s1. The lowest BCUT2D eigenvalue weighted by Gasteiger charge is -2.34. The molecule has 4 rings (SSSR count). The van der Waals surface area contributed by atoms with Crippen LogP contribution >= 0.6 is 27.5 Å². The van der Waals surface area contributed by atoms with Gasteiger partial charge in [-0.1, -0.05) is 39.7 Å². The number of nitrogens with one attached hydrogen (secondary N) is 2. The molecule has 30 heavy (non-hydrogen) atoms. The highest BCUT2D eigenvalue weighted by molar-refractivity contribution is 9.10. The number of anilines is 2. The van der Waals surface area contributed by atoms with E-state index in [0.717, 1.165) is 15.4 Å². The summed E-state index contributed by atoms with van der Waals surface area (Å²) in [4.78, 5) is 12.8. The zero-order valence-corrected chi connectivity index (χ0v) is 17.6. The molecule has 1 aliphatic rings. The molecular weight excluding hydrogens is 485 g/mol. The van der Waals surface area contributed by atoms with Gasteiger partial charge in [0.1, 0.15) is 11.4 Å². The summed E-state index contributed by atoms with van der Waals surface area (Å²) in [6, 6.07) is 11.0. The van der Waals surface area contributed by atoms with Gasteiger partial charge in [0.25, 0.3) is 5.91 Å². The summed E-state index contributed by atoms with van der Waals surface area (Å²) in [5.41, 5.74) is 1.18. The lowest BCUT2D eigenvalue weighted by atomic mass is 9.96. The van der Waals surface area contributed by atoms with Gasteiger partial charge >= 0.3 is 6.18 Å². The molecule has 156 valence electrons. The van der Waals surface area contributed by atoms with Crippen molar-refractivity contribution in [1.82, 2.24) is 9.78 Å². The molecule has 1 amide bonds. The van der Waals surface area contributed by atoms with E-state index in [0.29, 0.717) is 16.3 Å². The summed E-state index contributed by atoms with van der Waals surface area (Å²) in [6.45, 7) is 0. The van der Waals surface area contributed by atoms with Crippen LogP contribution in [0.1, 0.15) is 34.4 Å². The largest absolute Gasteiger partial charge is 0.410 e. The van der Waals surface area contributed by atoms with Crippen LogP contribution in [0.15, 0.2) is 59.2 Å². The molecule has 0 spiro atoms. The summed E-state index contributed by atoms with van der Waals surface area (Å²) < 4.78 is 42.9. The SMILES string of the molecule is O=C(Nc1ccc(Cl)cc1)c1cnn2c1N[C@H](c1ccc(Br)cc1)C[C@H]2C(F)(F)F.